The van der Waals surface area contributed by atoms with Crippen molar-refractivity contribution in [3.05, 3.63) is 24.7 Å². The van der Waals surface area contributed by atoms with Crippen LogP contribution in [-0.2, 0) is 4.74 Å². The number of aliphatic hydroxyl groups is 2. The van der Waals surface area contributed by atoms with E-state index in [2.05, 4.69) is 0 Å². The Morgan fingerprint density at radius 1 is 0.765 bits per heavy atom. The normalized spacial score (nSPS) is 38.5. The molecule has 2 aliphatic rings. The van der Waals surface area contributed by atoms with Gasteiger partial charge in [0.15, 0.2) is 0 Å². The maximum atomic E-state index is 9.59. The first kappa shape index (κ1) is 12.7. The highest BCUT2D eigenvalue weighted by Gasteiger charge is 2.23. The zero-order chi connectivity index (χ0) is 12.1. The van der Waals surface area contributed by atoms with E-state index in [1.165, 1.54) is 0 Å². The number of hydrogen-bond acceptors (Lipinski definition) is 3. The second-order valence-corrected chi connectivity index (χ2v) is 5.12. The molecule has 0 spiro atoms. The average molecular weight is 238 g/mol. The molecule has 2 rings (SSSR count). The van der Waals surface area contributed by atoms with Gasteiger partial charge in [0.05, 0.1) is 24.7 Å². The Bertz CT molecular complexity index is 257. The van der Waals surface area contributed by atoms with Gasteiger partial charge in [-0.15, -0.1) is 0 Å². The van der Waals surface area contributed by atoms with Crippen LogP contribution in [0.15, 0.2) is 24.7 Å². The average Bonchev–Trinajstić information content (AvgIpc) is 2.89. The predicted octanol–water partition coefficient (Wildman–Crippen LogP) is 2.35. The van der Waals surface area contributed by atoms with Crippen LogP contribution < -0.4 is 0 Å². The Labute approximate surface area is 103 Å². The van der Waals surface area contributed by atoms with Crippen LogP contribution in [0.4, 0.5) is 0 Å². The fourth-order valence-electron chi connectivity index (χ4n) is 2.73. The minimum atomic E-state index is -0.199. The van der Waals surface area contributed by atoms with Crippen molar-refractivity contribution in [2.45, 2.75) is 50.7 Å². The van der Waals surface area contributed by atoms with Gasteiger partial charge in [0.1, 0.15) is 0 Å². The van der Waals surface area contributed by atoms with Crippen LogP contribution >= 0.6 is 0 Å². The van der Waals surface area contributed by atoms with E-state index in [1.807, 2.05) is 12.2 Å². The van der Waals surface area contributed by atoms with Gasteiger partial charge < -0.3 is 14.9 Å². The molecule has 2 aliphatic carbocycles. The van der Waals surface area contributed by atoms with Gasteiger partial charge in [0.2, 0.25) is 0 Å². The smallest absolute Gasteiger partial charge is 0.0865 e. The second-order valence-electron chi connectivity index (χ2n) is 5.12. The van der Waals surface area contributed by atoms with Crippen LogP contribution in [0.3, 0.4) is 0 Å². The van der Waals surface area contributed by atoms with Gasteiger partial charge in [0.25, 0.3) is 0 Å². The predicted molar refractivity (Wildman–Crippen MR) is 66.1 cm³/mol. The molecule has 0 bridgehead atoms. The van der Waals surface area contributed by atoms with Crippen molar-refractivity contribution in [3.63, 3.8) is 0 Å². The van der Waals surface area contributed by atoms with Crippen molar-refractivity contribution in [3.8, 4) is 0 Å². The van der Waals surface area contributed by atoms with E-state index in [1.54, 1.807) is 12.5 Å². The topological polar surface area (TPSA) is 49.7 Å². The van der Waals surface area contributed by atoms with Crippen molar-refractivity contribution in [1.82, 2.24) is 0 Å². The molecule has 3 heteroatoms. The molecule has 2 N–H and O–H groups in total. The molecule has 3 nitrogen and oxygen atoms in total. The summed E-state index contributed by atoms with van der Waals surface area (Å²) in [5, 5.41) is 19.2. The molecule has 0 aliphatic heterocycles. The molecule has 4 unspecified atom stereocenters. The minimum absolute atomic E-state index is 0.199. The highest BCUT2D eigenvalue weighted by atomic mass is 16.5. The van der Waals surface area contributed by atoms with Crippen LogP contribution in [0.1, 0.15) is 38.5 Å². The number of aliphatic hydroxyl groups excluding tert-OH is 2. The fraction of sp³-hybridized carbons (Fsp3) is 0.714. The molecule has 0 aromatic rings. The summed E-state index contributed by atoms with van der Waals surface area (Å²) in [6, 6.07) is 0. The van der Waals surface area contributed by atoms with Gasteiger partial charge >= 0.3 is 0 Å². The van der Waals surface area contributed by atoms with Gasteiger partial charge in [-0.1, -0.05) is 12.8 Å². The zero-order valence-corrected chi connectivity index (χ0v) is 10.2. The molecule has 4 atom stereocenters. The third-order valence-electron chi connectivity index (χ3n) is 3.87. The lowest BCUT2D eigenvalue weighted by Gasteiger charge is -2.08. The van der Waals surface area contributed by atoms with Crippen LogP contribution in [-0.4, -0.2) is 22.4 Å². The summed E-state index contributed by atoms with van der Waals surface area (Å²) in [5.74, 6) is 0.501. The van der Waals surface area contributed by atoms with E-state index in [-0.39, 0.29) is 24.0 Å². The summed E-state index contributed by atoms with van der Waals surface area (Å²) in [5.41, 5.74) is 0. The largest absolute Gasteiger partial charge is 0.473 e. The van der Waals surface area contributed by atoms with E-state index in [0.717, 1.165) is 38.5 Å². The number of rotatable bonds is 4. The zero-order valence-electron chi connectivity index (χ0n) is 10.2. The van der Waals surface area contributed by atoms with Gasteiger partial charge in [-0.2, -0.15) is 0 Å². The summed E-state index contributed by atoms with van der Waals surface area (Å²) < 4.78 is 5.27. The maximum Gasteiger partial charge on any atom is 0.0865 e. The van der Waals surface area contributed by atoms with Gasteiger partial charge in [0, 0.05) is 11.8 Å². The van der Waals surface area contributed by atoms with Crippen molar-refractivity contribution in [2.75, 3.05) is 0 Å². The summed E-state index contributed by atoms with van der Waals surface area (Å²) in [7, 11) is 0. The third-order valence-corrected chi connectivity index (χ3v) is 3.87. The lowest BCUT2D eigenvalue weighted by Crippen LogP contribution is -2.10. The van der Waals surface area contributed by atoms with Gasteiger partial charge in [-0.05, 0) is 37.8 Å². The molecule has 0 aromatic heterocycles. The Morgan fingerprint density at radius 2 is 1.24 bits per heavy atom. The van der Waals surface area contributed by atoms with E-state index < -0.39 is 0 Å². The molecule has 0 amide bonds. The fourth-order valence-corrected chi connectivity index (χ4v) is 2.73. The third kappa shape index (κ3) is 3.58. The molecular formula is C14H22O3. The Morgan fingerprint density at radius 3 is 1.59 bits per heavy atom. The quantitative estimate of drug-likeness (QED) is 0.739. The van der Waals surface area contributed by atoms with Crippen LogP contribution in [0.5, 0.6) is 0 Å². The summed E-state index contributed by atoms with van der Waals surface area (Å²) in [6.45, 7) is 0. The first-order valence-electron chi connectivity index (χ1n) is 6.62. The van der Waals surface area contributed by atoms with Crippen molar-refractivity contribution in [1.29, 1.82) is 0 Å². The first-order chi connectivity index (χ1) is 8.27. The second kappa shape index (κ2) is 6.22. The van der Waals surface area contributed by atoms with E-state index in [9.17, 15) is 10.2 Å². The molecule has 2 saturated carbocycles. The van der Waals surface area contributed by atoms with Crippen molar-refractivity contribution >= 4 is 0 Å². The molecule has 0 heterocycles. The molecule has 96 valence electrons. The first-order valence-corrected chi connectivity index (χ1v) is 6.62. The SMILES string of the molecule is OC1CCCC1C=COC=CC1CCCC1O. The molecule has 2 fully saturated rings. The maximum absolute atomic E-state index is 9.59. The minimum Gasteiger partial charge on any atom is -0.473 e. The lowest BCUT2D eigenvalue weighted by atomic mass is 10.1. The molecule has 0 radical (unpaired) electrons. The van der Waals surface area contributed by atoms with E-state index >= 15 is 0 Å². The van der Waals surface area contributed by atoms with Crippen molar-refractivity contribution in [2.24, 2.45) is 11.8 Å². The molecular weight excluding hydrogens is 216 g/mol. The number of ether oxygens (including phenoxy) is 1. The van der Waals surface area contributed by atoms with Crippen LogP contribution in [0.25, 0.3) is 0 Å². The molecule has 0 aromatic carbocycles. The van der Waals surface area contributed by atoms with Crippen LogP contribution in [0, 0.1) is 11.8 Å². The Balaban J connectivity index is 1.68. The molecule has 0 saturated heterocycles. The Kier molecular flexibility index (Phi) is 4.63. The lowest BCUT2D eigenvalue weighted by molar-refractivity contribution is 0.151. The van der Waals surface area contributed by atoms with Gasteiger partial charge in [-0.25, -0.2) is 0 Å². The summed E-state index contributed by atoms with van der Waals surface area (Å²) >= 11 is 0. The van der Waals surface area contributed by atoms with E-state index in [0.29, 0.717) is 0 Å². The standard InChI is InChI=1S/C14H22O3/c15-13-5-1-3-11(13)7-9-17-10-8-12-4-2-6-14(12)16/h7-16H,1-6H2. The monoisotopic (exact) mass is 238 g/mol. The summed E-state index contributed by atoms with van der Waals surface area (Å²) in [4.78, 5) is 0. The van der Waals surface area contributed by atoms with Gasteiger partial charge in [-0.3, -0.25) is 0 Å². The Hall–Kier alpha value is -0.800. The van der Waals surface area contributed by atoms with Crippen LogP contribution in [0.2, 0.25) is 0 Å². The summed E-state index contributed by atoms with van der Waals surface area (Å²) in [6.07, 6.45) is 12.9. The van der Waals surface area contributed by atoms with E-state index in [4.69, 9.17) is 4.74 Å². The highest BCUT2D eigenvalue weighted by molar-refractivity contribution is 4.95. The number of hydrogen-bond donors (Lipinski definition) is 2. The molecule has 17 heavy (non-hydrogen) atoms. The highest BCUT2D eigenvalue weighted by Crippen LogP contribution is 2.27. The van der Waals surface area contributed by atoms with Crippen molar-refractivity contribution < 1.29 is 14.9 Å².